The summed E-state index contributed by atoms with van der Waals surface area (Å²) < 4.78 is 7.13. The molecule has 0 aromatic rings. The molecule has 0 aromatic carbocycles. The quantitative estimate of drug-likeness (QED) is 0.219. The fourth-order valence-electron chi connectivity index (χ4n) is 3.22. The molecule has 7 heteroatoms. The predicted octanol–water partition coefficient (Wildman–Crippen LogP) is 1.04. The topological polar surface area (TPSA) is 46.6 Å². The number of hydrogen-bond acceptors (Lipinski definition) is 4. The molecule has 0 N–H and O–H groups in total. The van der Waals surface area contributed by atoms with Crippen LogP contribution in [0.15, 0.2) is 0 Å². The van der Waals surface area contributed by atoms with Crippen molar-refractivity contribution in [2.24, 2.45) is 0 Å². The van der Waals surface area contributed by atoms with E-state index in [-0.39, 0.29) is 5.97 Å². The third-order valence-electron chi connectivity index (χ3n) is 4.90. The van der Waals surface area contributed by atoms with Gasteiger partial charge in [0.05, 0.1) is 75.6 Å². The van der Waals surface area contributed by atoms with Crippen LogP contribution in [0.4, 0.5) is 0 Å². The number of hydrogen-bond donors (Lipinski definition) is 0. The van der Waals surface area contributed by atoms with Crippen molar-refractivity contribution < 1.29 is 27.8 Å². The second kappa shape index (κ2) is 12.5. The minimum atomic E-state index is -0.124. The molecule has 0 fully saturated rings. The molecule has 0 saturated heterocycles. The van der Waals surface area contributed by atoms with Crippen molar-refractivity contribution in [3.8, 4) is 0 Å². The van der Waals surface area contributed by atoms with E-state index in [9.17, 15) is 9.59 Å². The third kappa shape index (κ3) is 15.0. The van der Waals surface area contributed by atoms with Gasteiger partial charge >= 0.3 is 12.4 Å². The molecule has 0 radical (unpaired) electrons. The van der Waals surface area contributed by atoms with Gasteiger partial charge in [-0.15, -0.1) is 0 Å². The molecule has 0 unspecified atom stereocenters. The molecule has 1 amide bonds. The Bertz CT molecular complexity index is 459. The standard InChI is InChI=1S/C21H47N4O3/c1-9-28-21(27)19-24(5,6)17-11-14-22(13-10-16-23(2,3)4)15-12-18-25(7,8)20-26/h20H,9-19H2,1-8H3/q+3. The van der Waals surface area contributed by atoms with Crippen molar-refractivity contribution in [1.29, 1.82) is 0 Å². The number of rotatable bonds is 16. The van der Waals surface area contributed by atoms with Crippen molar-refractivity contribution in [3.63, 3.8) is 0 Å². The van der Waals surface area contributed by atoms with Crippen LogP contribution >= 0.6 is 0 Å². The average molecular weight is 404 g/mol. The minimum Gasteiger partial charge on any atom is -0.462 e. The lowest BCUT2D eigenvalue weighted by molar-refractivity contribution is -0.883. The maximum Gasteiger partial charge on any atom is 0.361 e. The van der Waals surface area contributed by atoms with Crippen LogP contribution in [0, 0.1) is 0 Å². The van der Waals surface area contributed by atoms with Crippen molar-refractivity contribution in [2.45, 2.75) is 26.2 Å². The Kier molecular flexibility index (Phi) is 12.1. The first-order chi connectivity index (χ1) is 12.8. The highest BCUT2D eigenvalue weighted by Crippen LogP contribution is 2.06. The summed E-state index contributed by atoms with van der Waals surface area (Å²) >= 11 is 0. The molecule has 0 atom stereocenters. The van der Waals surface area contributed by atoms with Gasteiger partial charge in [-0.1, -0.05) is 0 Å². The number of ether oxygens (including phenoxy) is 1. The summed E-state index contributed by atoms with van der Waals surface area (Å²) in [6, 6.07) is 0. The van der Waals surface area contributed by atoms with Gasteiger partial charge in [0.1, 0.15) is 0 Å². The van der Waals surface area contributed by atoms with E-state index in [1.165, 1.54) is 0 Å². The fraction of sp³-hybridized carbons (Fsp3) is 0.905. The van der Waals surface area contributed by atoms with Crippen LogP contribution < -0.4 is 0 Å². The van der Waals surface area contributed by atoms with Gasteiger partial charge in [-0.2, -0.15) is 0 Å². The fourth-order valence-corrected chi connectivity index (χ4v) is 3.22. The highest BCUT2D eigenvalue weighted by atomic mass is 16.5. The molecular formula is C21H47N4O3+3. The number of carbonyl (C=O) groups excluding carboxylic acids is 2. The van der Waals surface area contributed by atoms with Gasteiger partial charge in [0.2, 0.25) is 0 Å². The molecule has 0 aliphatic rings. The second-order valence-electron chi connectivity index (χ2n) is 10.1. The first-order valence-corrected chi connectivity index (χ1v) is 10.6. The molecule has 0 bridgehead atoms. The normalized spacial score (nSPS) is 13.0. The van der Waals surface area contributed by atoms with Crippen LogP contribution in [0.2, 0.25) is 0 Å². The van der Waals surface area contributed by atoms with E-state index in [1.807, 2.05) is 21.0 Å². The summed E-state index contributed by atoms with van der Waals surface area (Å²) in [5.41, 5.74) is 0. The van der Waals surface area contributed by atoms with Crippen LogP contribution in [0.1, 0.15) is 26.2 Å². The molecule has 166 valence electrons. The first kappa shape index (κ1) is 27.0. The van der Waals surface area contributed by atoms with Gasteiger partial charge < -0.3 is 18.6 Å². The van der Waals surface area contributed by atoms with Crippen LogP contribution in [0.3, 0.4) is 0 Å². The highest BCUT2D eigenvalue weighted by Gasteiger charge is 2.21. The Labute approximate surface area is 173 Å². The Balaban J connectivity index is 4.52. The molecule has 28 heavy (non-hydrogen) atoms. The third-order valence-corrected chi connectivity index (χ3v) is 4.90. The van der Waals surface area contributed by atoms with Crippen molar-refractivity contribution in [3.05, 3.63) is 0 Å². The lowest BCUT2D eigenvalue weighted by Gasteiger charge is -2.31. The monoisotopic (exact) mass is 403 g/mol. The molecule has 0 spiro atoms. The Morgan fingerprint density at radius 1 is 0.857 bits per heavy atom. The number of amides is 1. The maximum absolute atomic E-state index is 11.8. The van der Waals surface area contributed by atoms with Gasteiger partial charge in [-0.25, -0.2) is 9.59 Å². The summed E-state index contributed by atoms with van der Waals surface area (Å²) in [5, 5.41) is 0. The Hall–Kier alpha value is -1.02. The van der Waals surface area contributed by atoms with E-state index in [2.05, 4.69) is 40.1 Å². The predicted molar refractivity (Wildman–Crippen MR) is 115 cm³/mol. The minimum absolute atomic E-state index is 0.124. The molecule has 0 saturated carbocycles. The molecular weight excluding hydrogens is 356 g/mol. The number of quaternary nitrogens is 3. The van der Waals surface area contributed by atoms with Crippen molar-refractivity contribution in [2.75, 3.05) is 102 Å². The van der Waals surface area contributed by atoms with Crippen LogP contribution in [-0.2, 0) is 14.3 Å². The van der Waals surface area contributed by atoms with E-state index in [4.69, 9.17) is 4.74 Å². The molecule has 0 aliphatic carbocycles. The molecule has 7 nitrogen and oxygen atoms in total. The average Bonchev–Trinajstić information content (AvgIpc) is 2.52. The summed E-state index contributed by atoms with van der Waals surface area (Å²) in [7, 11) is 14.7. The summed E-state index contributed by atoms with van der Waals surface area (Å²) in [4.78, 5) is 25.4. The van der Waals surface area contributed by atoms with E-state index in [1.54, 1.807) is 0 Å². The summed E-state index contributed by atoms with van der Waals surface area (Å²) in [6.45, 7) is 8.77. The van der Waals surface area contributed by atoms with Gasteiger partial charge in [0.25, 0.3) is 0 Å². The molecule has 0 rings (SSSR count). The Morgan fingerprint density at radius 2 is 1.36 bits per heavy atom. The SMILES string of the molecule is CCOC(=O)C[N+](C)(C)CCCN(CCC[N+](C)(C)C)CCC[N+](C)(C)C=O. The highest BCUT2D eigenvalue weighted by molar-refractivity contribution is 5.70. The Morgan fingerprint density at radius 3 is 1.82 bits per heavy atom. The number of likely N-dealkylation sites (N-methyl/N-ethyl adjacent to an activating group) is 1. The van der Waals surface area contributed by atoms with Gasteiger partial charge in [0.15, 0.2) is 6.54 Å². The summed E-state index contributed by atoms with van der Waals surface area (Å²) in [5.74, 6) is -0.124. The van der Waals surface area contributed by atoms with Crippen molar-refractivity contribution >= 4 is 12.4 Å². The second-order valence-corrected chi connectivity index (χ2v) is 10.1. The smallest absolute Gasteiger partial charge is 0.361 e. The van der Waals surface area contributed by atoms with Crippen LogP contribution in [0.25, 0.3) is 0 Å². The van der Waals surface area contributed by atoms with E-state index >= 15 is 0 Å². The van der Waals surface area contributed by atoms with Crippen LogP contribution in [-0.4, -0.2) is 132 Å². The molecule has 0 heterocycles. The summed E-state index contributed by atoms with van der Waals surface area (Å²) in [6.07, 6.45) is 4.23. The lowest BCUT2D eigenvalue weighted by Crippen LogP contribution is -2.46. The van der Waals surface area contributed by atoms with Gasteiger partial charge in [-0.05, 0) is 6.92 Å². The number of esters is 1. The maximum atomic E-state index is 11.8. The van der Waals surface area contributed by atoms with Gasteiger partial charge in [0, 0.05) is 38.9 Å². The zero-order chi connectivity index (χ0) is 21.8. The van der Waals surface area contributed by atoms with E-state index < -0.39 is 0 Å². The number of nitrogens with zero attached hydrogens (tertiary/aromatic N) is 4. The zero-order valence-electron chi connectivity index (χ0n) is 19.9. The first-order valence-electron chi connectivity index (χ1n) is 10.6. The molecule has 0 aromatic heterocycles. The largest absolute Gasteiger partial charge is 0.462 e. The van der Waals surface area contributed by atoms with Crippen molar-refractivity contribution in [1.82, 2.24) is 4.90 Å². The number of carbonyl (C=O) groups is 2. The lowest BCUT2D eigenvalue weighted by atomic mass is 10.2. The zero-order valence-corrected chi connectivity index (χ0v) is 19.9. The van der Waals surface area contributed by atoms with Crippen LogP contribution in [0.5, 0.6) is 0 Å². The van der Waals surface area contributed by atoms with Gasteiger partial charge in [-0.3, -0.25) is 4.48 Å². The molecule has 0 aliphatic heterocycles. The van der Waals surface area contributed by atoms with E-state index in [0.717, 1.165) is 69.4 Å². The van der Waals surface area contributed by atoms with E-state index in [0.29, 0.717) is 22.1 Å².